The first kappa shape index (κ1) is 19.0. The second kappa shape index (κ2) is 8.77. The van der Waals surface area contributed by atoms with Crippen molar-refractivity contribution in [1.82, 2.24) is 4.90 Å². The Labute approximate surface area is 158 Å². The molecule has 1 atom stereocenters. The van der Waals surface area contributed by atoms with Gasteiger partial charge in [0.05, 0.1) is 12.3 Å². The van der Waals surface area contributed by atoms with Crippen molar-refractivity contribution < 1.29 is 18.8 Å². The van der Waals surface area contributed by atoms with Crippen molar-refractivity contribution in [2.24, 2.45) is 5.16 Å². The van der Waals surface area contributed by atoms with Crippen LogP contribution in [-0.2, 0) is 20.9 Å². The second-order valence-corrected chi connectivity index (χ2v) is 6.67. The zero-order valence-corrected chi connectivity index (χ0v) is 15.5. The first-order valence-corrected chi connectivity index (χ1v) is 8.86. The maximum atomic E-state index is 13.5. The summed E-state index contributed by atoms with van der Waals surface area (Å²) >= 11 is 0. The number of halogens is 1. The van der Waals surface area contributed by atoms with Crippen LogP contribution in [0.15, 0.2) is 53.7 Å². The minimum Gasteiger partial charge on any atom is -0.390 e. The first-order valence-electron chi connectivity index (χ1n) is 8.86. The molecule has 2 aromatic carbocycles. The van der Waals surface area contributed by atoms with Crippen LogP contribution < -0.4 is 0 Å². The smallest absolute Gasteiger partial charge is 0.248 e. The summed E-state index contributed by atoms with van der Waals surface area (Å²) in [6.07, 6.45) is 0.374. The highest BCUT2D eigenvalue weighted by Crippen LogP contribution is 2.19. The van der Waals surface area contributed by atoms with Crippen molar-refractivity contribution in [3.63, 3.8) is 0 Å². The average molecular weight is 370 g/mol. The zero-order chi connectivity index (χ0) is 19.2. The minimum atomic E-state index is -0.325. The molecule has 0 spiro atoms. The number of amides is 1. The number of methoxy groups -OCH3 is 1. The number of hydrogen-bond donors (Lipinski definition) is 0. The molecule has 1 aliphatic rings. The van der Waals surface area contributed by atoms with Gasteiger partial charge in [-0.05, 0) is 30.2 Å². The van der Waals surface area contributed by atoms with Crippen molar-refractivity contribution in [2.45, 2.75) is 26.0 Å². The Bertz CT molecular complexity index is 820. The zero-order valence-electron chi connectivity index (χ0n) is 15.5. The molecule has 0 N–H and O–H groups in total. The minimum absolute atomic E-state index is 0.0340. The molecule has 1 heterocycles. The number of carbonyl (C=O) groups is 1. The van der Waals surface area contributed by atoms with Gasteiger partial charge in [-0.25, -0.2) is 4.39 Å². The molecular weight excluding hydrogens is 347 g/mol. The van der Waals surface area contributed by atoms with Gasteiger partial charge in [-0.2, -0.15) is 0 Å². The van der Waals surface area contributed by atoms with Crippen molar-refractivity contribution >= 4 is 11.6 Å². The van der Waals surface area contributed by atoms with E-state index in [1.54, 1.807) is 17.0 Å². The summed E-state index contributed by atoms with van der Waals surface area (Å²) in [6, 6.07) is 14.3. The molecule has 1 amide bonds. The van der Waals surface area contributed by atoms with E-state index in [4.69, 9.17) is 9.57 Å². The lowest BCUT2D eigenvalue weighted by Gasteiger charge is -2.24. The normalized spacial score (nSPS) is 16.0. The number of oxime groups is 1. The highest BCUT2D eigenvalue weighted by atomic mass is 19.1. The fraction of sp³-hybridized carbons (Fsp3) is 0.333. The van der Waals surface area contributed by atoms with Gasteiger partial charge in [-0.3, -0.25) is 4.79 Å². The quantitative estimate of drug-likeness (QED) is 0.751. The topological polar surface area (TPSA) is 51.1 Å². The van der Waals surface area contributed by atoms with Crippen molar-refractivity contribution in [1.29, 1.82) is 0 Å². The summed E-state index contributed by atoms with van der Waals surface area (Å²) in [4.78, 5) is 19.6. The molecule has 5 nitrogen and oxygen atoms in total. The van der Waals surface area contributed by atoms with Gasteiger partial charge in [0.25, 0.3) is 0 Å². The number of aryl methyl sites for hydroxylation is 1. The van der Waals surface area contributed by atoms with E-state index in [9.17, 15) is 9.18 Å². The van der Waals surface area contributed by atoms with Crippen LogP contribution in [-0.4, -0.2) is 42.9 Å². The molecule has 0 bridgehead atoms. The predicted octanol–water partition coefficient (Wildman–Crippen LogP) is 3.30. The fourth-order valence-corrected chi connectivity index (χ4v) is 3.01. The molecule has 0 aliphatic carbocycles. The number of nitrogens with zero attached hydrogens (tertiary/aromatic N) is 2. The molecule has 27 heavy (non-hydrogen) atoms. The van der Waals surface area contributed by atoms with Gasteiger partial charge in [0.2, 0.25) is 5.91 Å². The van der Waals surface area contributed by atoms with Crippen LogP contribution in [0.3, 0.4) is 0 Å². The molecule has 0 radical (unpaired) electrons. The molecule has 0 saturated carbocycles. The van der Waals surface area contributed by atoms with Gasteiger partial charge in [0, 0.05) is 20.1 Å². The highest BCUT2D eigenvalue weighted by molar-refractivity contribution is 6.01. The summed E-state index contributed by atoms with van der Waals surface area (Å²) in [5.74, 6) is -0.497. The Morgan fingerprint density at radius 2 is 2.07 bits per heavy atom. The second-order valence-electron chi connectivity index (χ2n) is 6.67. The Balaban J connectivity index is 1.66. The third kappa shape index (κ3) is 5.14. The molecule has 3 rings (SSSR count). The Morgan fingerprint density at radius 1 is 1.30 bits per heavy atom. The van der Waals surface area contributed by atoms with Crippen LogP contribution in [0.4, 0.5) is 4.39 Å². The molecule has 2 aromatic rings. The van der Waals surface area contributed by atoms with Crippen molar-refractivity contribution in [3.8, 4) is 0 Å². The lowest BCUT2D eigenvalue weighted by molar-refractivity contribution is -0.137. The third-order valence-corrected chi connectivity index (χ3v) is 4.42. The Kier molecular flexibility index (Phi) is 6.19. The fourth-order valence-electron chi connectivity index (χ4n) is 3.01. The molecule has 1 unspecified atom stereocenters. The largest absolute Gasteiger partial charge is 0.390 e. The maximum Gasteiger partial charge on any atom is 0.248 e. The molecule has 142 valence electrons. The number of ether oxygens (including phenoxy) is 1. The van der Waals surface area contributed by atoms with Crippen molar-refractivity contribution in [2.75, 3.05) is 20.3 Å². The summed E-state index contributed by atoms with van der Waals surface area (Å²) < 4.78 is 18.4. The summed E-state index contributed by atoms with van der Waals surface area (Å²) in [7, 11) is 1.48. The van der Waals surface area contributed by atoms with Crippen molar-refractivity contribution in [3.05, 3.63) is 71.0 Å². The van der Waals surface area contributed by atoms with Crippen LogP contribution in [0.2, 0.25) is 0 Å². The van der Waals surface area contributed by atoms with Crippen LogP contribution in [0, 0.1) is 12.7 Å². The molecule has 6 heteroatoms. The standard InChI is InChI=1S/C21H23FN2O3/c1-15-6-8-17(9-7-15)20-11-19(27-23-20)13-24(21(25)14-26-2)12-16-4-3-5-18(22)10-16/h3-10,19H,11-14H2,1-2H3. The average Bonchev–Trinajstić information content (AvgIpc) is 3.10. The number of hydrogen-bond acceptors (Lipinski definition) is 4. The van der Waals surface area contributed by atoms with E-state index in [1.165, 1.54) is 24.8 Å². The van der Waals surface area contributed by atoms with Crippen LogP contribution in [0.25, 0.3) is 0 Å². The molecule has 0 fully saturated rings. The van der Waals surface area contributed by atoms with Gasteiger partial charge in [0.15, 0.2) is 6.10 Å². The lowest BCUT2D eigenvalue weighted by atomic mass is 10.0. The third-order valence-electron chi connectivity index (χ3n) is 4.42. The molecular formula is C21H23FN2O3. The summed E-state index contributed by atoms with van der Waals surface area (Å²) in [5.41, 5.74) is 3.78. The van der Waals surface area contributed by atoms with Gasteiger partial charge < -0.3 is 14.5 Å². The lowest BCUT2D eigenvalue weighted by Crippen LogP contribution is -2.39. The van der Waals surface area contributed by atoms with E-state index < -0.39 is 0 Å². The number of benzene rings is 2. The number of rotatable bonds is 7. The molecule has 1 aliphatic heterocycles. The summed E-state index contributed by atoms with van der Waals surface area (Å²) in [6.45, 7) is 2.65. The number of carbonyl (C=O) groups excluding carboxylic acids is 1. The van der Waals surface area contributed by atoms with Gasteiger partial charge in [0.1, 0.15) is 12.4 Å². The SMILES string of the molecule is COCC(=O)N(Cc1cccc(F)c1)CC1CC(c2ccc(C)cc2)=NO1. The summed E-state index contributed by atoms with van der Waals surface area (Å²) in [5, 5.41) is 4.18. The van der Waals surface area contributed by atoms with Gasteiger partial charge >= 0.3 is 0 Å². The van der Waals surface area contributed by atoms with E-state index in [0.29, 0.717) is 19.5 Å². The predicted molar refractivity (Wildman–Crippen MR) is 101 cm³/mol. The maximum absolute atomic E-state index is 13.5. The van der Waals surface area contributed by atoms with Crippen LogP contribution >= 0.6 is 0 Å². The Morgan fingerprint density at radius 3 is 2.78 bits per heavy atom. The Hall–Kier alpha value is -2.73. The van der Waals surface area contributed by atoms with Crippen LogP contribution in [0.5, 0.6) is 0 Å². The molecule has 0 aromatic heterocycles. The van der Waals surface area contributed by atoms with Gasteiger partial charge in [-0.15, -0.1) is 0 Å². The monoisotopic (exact) mass is 370 g/mol. The van der Waals surface area contributed by atoms with E-state index in [-0.39, 0.29) is 24.4 Å². The van der Waals surface area contributed by atoms with E-state index in [1.807, 2.05) is 31.2 Å². The van der Waals surface area contributed by atoms with E-state index in [0.717, 1.165) is 16.8 Å². The molecule has 0 saturated heterocycles. The van der Waals surface area contributed by atoms with E-state index >= 15 is 0 Å². The van der Waals surface area contributed by atoms with E-state index in [2.05, 4.69) is 5.16 Å². The highest BCUT2D eigenvalue weighted by Gasteiger charge is 2.26. The van der Waals surface area contributed by atoms with Gasteiger partial charge in [-0.1, -0.05) is 47.1 Å². The van der Waals surface area contributed by atoms with Crippen LogP contribution in [0.1, 0.15) is 23.1 Å². The first-order chi connectivity index (χ1) is 13.0.